The third kappa shape index (κ3) is 2.44. The molecule has 0 nitrogen and oxygen atoms in total. The Morgan fingerprint density at radius 2 is 1.05 bits per heavy atom. The quantitative estimate of drug-likeness (QED) is 0.367. The van der Waals surface area contributed by atoms with E-state index in [-0.39, 0.29) is 20.9 Å². The van der Waals surface area contributed by atoms with Crippen LogP contribution in [0.4, 0.5) is 0 Å². The van der Waals surface area contributed by atoms with Gasteiger partial charge in [0.05, 0.1) is 0 Å². The van der Waals surface area contributed by atoms with Crippen molar-refractivity contribution >= 4 is 49.7 Å². The third-order valence-corrected chi connectivity index (χ3v) is 6.97. The van der Waals surface area contributed by atoms with Gasteiger partial charge in [0.1, 0.15) is 0 Å². The third-order valence-electron chi connectivity index (χ3n) is 3.68. The molecule has 100 valence electrons. The van der Waals surface area contributed by atoms with E-state index in [4.69, 9.17) is 0 Å². The van der Waals surface area contributed by atoms with E-state index < -0.39 is 0 Å². The molecule has 0 radical (unpaired) electrons. The first-order valence-electron chi connectivity index (χ1n) is 7.05. The number of benzene rings is 4. The van der Waals surface area contributed by atoms with Gasteiger partial charge < -0.3 is 0 Å². The number of rotatable bonds is 2. The molecular formula is C20H14Te. The van der Waals surface area contributed by atoms with Crippen molar-refractivity contribution in [3.8, 4) is 0 Å². The average Bonchev–Trinajstić information content (AvgIpc) is 2.55. The second-order valence-electron chi connectivity index (χ2n) is 5.06. The van der Waals surface area contributed by atoms with Gasteiger partial charge in [-0.2, -0.15) is 0 Å². The maximum absolute atomic E-state index is 2.31. The molecule has 4 aromatic rings. The van der Waals surface area contributed by atoms with Crippen molar-refractivity contribution in [2.45, 2.75) is 0 Å². The number of fused-ring (bicyclic) bond motifs is 2. The van der Waals surface area contributed by atoms with Crippen LogP contribution >= 0.6 is 0 Å². The van der Waals surface area contributed by atoms with E-state index in [1.807, 2.05) is 0 Å². The molecule has 0 aromatic heterocycles. The molecule has 0 aliphatic heterocycles. The van der Waals surface area contributed by atoms with Crippen LogP contribution in [0.1, 0.15) is 0 Å². The second-order valence-corrected chi connectivity index (χ2v) is 8.16. The van der Waals surface area contributed by atoms with E-state index in [2.05, 4.69) is 84.9 Å². The van der Waals surface area contributed by atoms with Gasteiger partial charge in [-0.05, 0) is 0 Å². The molecule has 21 heavy (non-hydrogen) atoms. The Morgan fingerprint density at radius 1 is 0.524 bits per heavy atom. The maximum atomic E-state index is 2.31. The summed E-state index contributed by atoms with van der Waals surface area (Å²) in [5.41, 5.74) is 0. The summed E-state index contributed by atoms with van der Waals surface area (Å²) in [6.07, 6.45) is 0. The van der Waals surface area contributed by atoms with E-state index in [9.17, 15) is 0 Å². The number of hydrogen-bond acceptors (Lipinski definition) is 0. The molecule has 4 rings (SSSR count). The molecule has 0 unspecified atom stereocenters. The van der Waals surface area contributed by atoms with E-state index in [0.29, 0.717) is 0 Å². The van der Waals surface area contributed by atoms with Gasteiger partial charge in [-0.15, -0.1) is 0 Å². The van der Waals surface area contributed by atoms with Crippen LogP contribution in [0.15, 0.2) is 84.9 Å². The van der Waals surface area contributed by atoms with E-state index in [1.54, 1.807) is 3.61 Å². The molecule has 0 aliphatic carbocycles. The predicted molar refractivity (Wildman–Crippen MR) is 92.9 cm³/mol. The van der Waals surface area contributed by atoms with Gasteiger partial charge in [-0.1, -0.05) is 0 Å². The second kappa shape index (κ2) is 5.53. The molecule has 1 heteroatoms. The van der Waals surface area contributed by atoms with Crippen molar-refractivity contribution in [1.82, 2.24) is 0 Å². The van der Waals surface area contributed by atoms with Gasteiger partial charge in [0.25, 0.3) is 0 Å². The normalized spacial score (nSPS) is 11.0. The van der Waals surface area contributed by atoms with Crippen molar-refractivity contribution < 1.29 is 0 Å². The summed E-state index contributed by atoms with van der Waals surface area (Å²) in [7, 11) is 0. The van der Waals surface area contributed by atoms with Crippen LogP contribution < -0.4 is 7.22 Å². The molecule has 0 saturated carbocycles. The minimum absolute atomic E-state index is 0.385. The zero-order valence-electron chi connectivity index (χ0n) is 11.5. The minimum atomic E-state index is -0.385. The molecule has 0 amide bonds. The molecule has 0 heterocycles. The average molecular weight is 382 g/mol. The molecule has 0 saturated heterocycles. The molecular weight excluding hydrogens is 368 g/mol. The summed E-state index contributed by atoms with van der Waals surface area (Å²) in [6.45, 7) is 0. The van der Waals surface area contributed by atoms with Gasteiger partial charge in [0.15, 0.2) is 0 Å². The predicted octanol–water partition coefficient (Wildman–Crippen LogP) is 3.65. The van der Waals surface area contributed by atoms with Gasteiger partial charge >= 0.3 is 135 Å². The van der Waals surface area contributed by atoms with Crippen molar-refractivity contribution in [2.24, 2.45) is 0 Å². The standard InChI is InChI=1S/C20H14Te/c1-2-10-17(11-3-1)21-20-18-12-6-4-8-15(18)14-16-9-5-7-13-19(16)20/h1-14H. The van der Waals surface area contributed by atoms with Crippen molar-refractivity contribution in [1.29, 1.82) is 0 Å². The van der Waals surface area contributed by atoms with Crippen LogP contribution in [-0.4, -0.2) is 20.9 Å². The molecule has 0 spiro atoms. The Bertz CT molecular complexity index is 856. The van der Waals surface area contributed by atoms with E-state index in [0.717, 1.165) is 0 Å². The summed E-state index contributed by atoms with van der Waals surface area (Å²) < 4.78 is 3.05. The first kappa shape index (κ1) is 12.9. The molecule has 0 atom stereocenters. The molecule has 0 bridgehead atoms. The summed E-state index contributed by atoms with van der Waals surface area (Å²) in [5.74, 6) is 0. The Labute approximate surface area is 134 Å². The summed E-state index contributed by atoms with van der Waals surface area (Å²) in [5, 5.41) is 5.55. The van der Waals surface area contributed by atoms with Gasteiger partial charge in [-0.25, -0.2) is 0 Å². The van der Waals surface area contributed by atoms with Crippen molar-refractivity contribution in [3.63, 3.8) is 0 Å². The van der Waals surface area contributed by atoms with Crippen LogP contribution in [0.25, 0.3) is 21.5 Å². The first-order valence-corrected chi connectivity index (χ1v) is 9.38. The SMILES string of the molecule is c1ccc([Te]c2c3ccccc3cc3ccccc23)cc1. The fraction of sp³-hybridized carbons (Fsp3) is 0. The van der Waals surface area contributed by atoms with Crippen LogP contribution in [0.3, 0.4) is 0 Å². The van der Waals surface area contributed by atoms with Crippen LogP contribution in [0.2, 0.25) is 0 Å². The van der Waals surface area contributed by atoms with Gasteiger partial charge in [0.2, 0.25) is 0 Å². The van der Waals surface area contributed by atoms with Crippen LogP contribution in [0, 0.1) is 0 Å². The fourth-order valence-electron chi connectivity index (χ4n) is 2.69. The zero-order valence-corrected chi connectivity index (χ0v) is 13.8. The molecule has 0 fully saturated rings. The Hall–Kier alpha value is -1.81. The van der Waals surface area contributed by atoms with Crippen LogP contribution in [-0.2, 0) is 0 Å². The van der Waals surface area contributed by atoms with Gasteiger partial charge in [0, 0.05) is 0 Å². The van der Waals surface area contributed by atoms with Crippen molar-refractivity contribution in [3.05, 3.63) is 84.9 Å². The fourth-order valence-corrected chi connectivity index (χ4v) is 5.89. The first-order chi connectivity index (χ1) is 10.4. The topological polar surface area (TPSA) is 0 Å². The summed E-state index contributed by atoms with van der Waals surface area (Å²) >= 11 is -0.385. The Morgan fingerprint density at radius 3 is 1.67 bits per heavy atom. The van der Waals surface area contributed by atoms with Crippen molar-refractivity contribution in [2.75, 3.05) is 0 Å². The van der Waals surface area contributed by atoms with Gasteiger partial charge in [-0.3, -0.25) is 0 Å². The number of hydrogen-bond donors (Lipinski definition) is 0. The zero-order chi connectivity index (χ0) is 14.1. The van der Waals surface area contributed by atoms with E-state index >= 15 is 0 Å². The molecule has 0 aliphatic rings. The monoisotopic (exact) mass is 384 g/mol. The van der Waals surface area contributed by atoms with E-state index in [1.165, 1.54) is 25.2 Å². The molecule has 4 aromatic carbocycles. The molecule has 0 N–H and O–H groups in total. The Kier molecular flexibility index (Phi) is 3.39. The summed E-state index contributed by atoms with van der Waals surface area (Å²) in [4.78, 5) is 0. The summed E-state index contributed by atoms with van der Waals surface area (Å²) in [6, 6.07) is 30.8. The Balaban J connectivity index is 2.02. The van der Waals surface area contributed by atoms with Crippen LogP contribution in [0.5, 0.6) is 0 Å².